The molecule has 1 N–H and O–H groups in total. The highest BCUT2D eigenvalue weighted by Crippen LogP contribution is 2.24. The highest BCUT2D eigenvalue weighted by Gasteiger charge is 2.29. The molecule has 0 aromatic heterocycles. The standard InChI is InChI=1S/C24H30Cl2N2O3/c1-4-6-13-27-24(30)21(5-2)28(15-18-11-12-19(25)14-20(18)26)23(29)16-31-22-10-8-7-9-17(22)3/h7-12,14,21H,4-6,13,15-16H2,1-3H3,(H,27,30)/t21-/m1/s1. The molecule has 2 rings (SSSR count). The second-order valence-corrected chi connectivity index (χ2v) is 8.22. The van der Waals surface area contributed by atoms with Crippen molar-refractivity contribution >= 4 is 35.0 Å². The zero-order valence-corrected chi connectivity index (χ0v) is 19.8. The smallest absolute Gasteiger partial charge is 0.261 e. The number of carbonyl (C=O) groups excluding carboxylic acids is 2. The van der Waals surface area contributed by atoms with Gasteiger partial charge in [-0.1, -0.05) is 67.7 Å². The van der Waals surface area contributed by atoms with Crippen LogP contribution < -0.4 is 10.1 Å². The highest BCUT2D eigenvalue weighted by atomic mass is 35.5. The second-order valence-electron chi connectivity index (χ2n) is 7.38. The summed E-state index contributed by atoms with van der Waals surface area (Å²) in [6.45, 7) is 6.46. The van der Waals surface area contributed by atoms with Crippen LogP contribution in [0.3, 0.4) is 0 Å². The number of para-hydroxylation sites is 1. The lowest BCUT2D eigenvalue weighted by Gasteiger charge is -2.31. The summed E-state index contributed by atoms with van der Waals surface area (Å²) >= 11 is 12.4. The molecule has 0 aliphatic rings. The van der Waals surface area contributed by atoms with Gasteiger partial charge in [-0.2, -0.15) is 0 Å². The first-order valence-electron chi connectivity index (χ1n) is 10.6. The number of carbonyl (C=O) groups is 2. The van der Waals surface area contributed by atoms with E-state index >= 15 is 0 Å². The van der Waals surface area contributed by atoms with Crippen LogP contribution in [0.1, 0.15) is 44.2 Å². The lowest BCUT2D eigenvalue weighted by atomic mass is 10.1. The number of rotatable bonds is 11. The molecule has 0 radical (unpaired) electrons. The molecule has 168 valence electrons. The number of ether oxygens (including phenoxy) is 1. The first-order valence-corrected chi connectivity index (χ1v) is 11.3. The van der Waals surface area contributed by atoms with Gasteiger partial charge in [0.15, 0.2) is 6.61 Å². The topological polar surface area (TPSA) is 58.6 Å². The van der Waals surface area contributed by atoms with E-state index in [1.165, 1.54) is 4.90 Å². The van der Waals surface area contributed by atoms with Crippen molar-refractivity contribution in [1.29, 1.82) is 0 Å². The summed E-state index contributed by atoms with van der Waals surface area (Å²) in [6.07, 6.45) is 2.33. The van der Waals surface area contributed by atoms with Gasteiger partial charge in [0.25, 0.3) is 5.91 Å². The summed E-state index contributed by atoms with van der Waals surface area (Å²) in [7, 11) is 0. The fourth-order valence-electron chi connectivity index (χ4n) is 3.20. The van der Waals surface area contributed by atoms with Gasteiger partial charge in [-0.3, -0.25) is 9.59 Å². The van der Waals surface area contributed by atoms with E-state index in [1.807, 2.05) is 38.1 Å². The Labute approximate surface area is 194 Å². The minimum absolute atomic E-state index is 0.172. The Balaban J connectivity index is 2.23. The molecule has 0 spiro atoms. The van der Waals surface area contributed by atoms with Crippen LogP contribution in [-0.4, -0.2) is 35.9 Å². The summed E-state index contributed by atoms with van der Waals surface area (Å²) in [6, 6.07) is 12.0. The molecule has 2 aromatic rings. The summed E-state index contributed by atoms with van der Waals surface area (Å²) in [5.41, 5.74) is 1.65. The van der Waals surface area contributed by atoms with E-state index in [-0.39, 0.29) is 25.0 Å². The normalized spacial score (nSPS) is 11.6. The zero-order valence-electron chi connectivity index (χ0n) is 18.3. The number of halogens is 2. The van der Waals surface area contributed by atoms with E-state index in [4.69, 9.17) is 27.9 Å². The van der Waals surface area contributed by atoms with Crippen molar-refractivity contribution in [3.05, 3.63) is 63.6 Å². The molecule has 7 heteroatoms. The molecule has 0 saturated carbocycles. The predicted octanol–water partition coefficient (Wildman–Crippen LogP) is 5.40. The summed E-state index contributed by atoms with van der Waals surface area (Å²) in [4.78, 5) is 27.6. The minimum atomic E-state index is -0.628. The Morgan fingerprint density at radius 1 is 1.13 bits per heavy atom. The summed E-state index contributed by atoms with van der Waals surface area (Å²) in [5.74, 6) is 0.179. The van der Waals surface area contributed by atoms with Crippen LogP contribution in [0.2, 0.25) is 10.0 Å². The average Bonchev–Trinajstić information content (AvgIpc) is 2.74. The Hall–Kier alpha value is -2.24. The minimum Gasteiger partial charge on any atom is -0.484 e. The van der Waals surface area contributed by atoms with Gasteiger partial charge in [-0.25, -0.2) is 0 Å². The quantitative estimate of drug-likeness (QED) is 0.452. The van der Waals surface area contributed by atoms with Crippen LogP contribution in [0.5, 0.6) is 5.75 Å². The first kappa shape index (κ1) is 25.0. The maximum Gasteiger partial charge on any atom is 0.261 e. The number of nitrogens with zero attached hydrogens (tertiary/aromatic N) is 1. The van der Waals surface area contributed by atoms with E-state index in [2.05, 4.69) is 12.2 Å². The number of hydrogen-bond acceptors (Lipinski definition) is 3. The lowest BCUT2D eigenvalue weighted by Crippen LogP contribution is -2.50. The van der Waals surface area contributed by atoms with E-state index in [9.17, 15) is 9.59 Å². The van der Waals surface area contributed by atoms with Crippen LogP contribution in [0.15, 0.2) is 42.5 Å². The van der Waals surface area contributed by atoms with Gasteiger partial charge in [0.2, 0.25) is 5.91 Å². The van der Waals surface area contributed by atoms with Gasteiger partial charge >= 0.3 is 0 Å². The van der Waals surface area contributed by atoms with Crippen molar-refractivity contribution in [3.63, 3.8) is 0 Å². The van der Waals surface area contributed by atoms with Crippen molar-refractivity contribution in [3.8, 4) is 5.75 Å². The van der Waals surface area contributed by atoms with Gasteiger partial charge in [-0.05, 0) is 49.1 Å². The van der Waals surface area contributed by atoms with Gasteiger partial charge in [0.1, 0.15) is 11.8 Å². The van der Waals surface area contributed by atoms with E-state index in [1.54, 1.807) is 18.2 Å². The molecule has 0 heterocycles. The van der Waals surface area contributed by atoms with Gasteiger partial charge in [-0.15, -0.1) is 0 Å². The van der Waals surface area contributed by atoms with E-state index in [0.717, 1.165) is 24.0 Å². The Morgan fingerprint density at radius 2 is 1.87 bits per heavy atom. The molecule has 0 bridgehead atoms. The number of amides is 2. The largest absolute Gasteiger partial charge is 0.484 e. The third-order valence-electron chi connectivity index (χ3n) is 5.02. The number of nitrogens with one attached hydrogen (secondary N) is 1. The molecule has 0 unspecified atom stereocenters. The van der Waals surface area contributed by atoms with Crippen molar-refractivity contribution < 1.29 is 14.3 Å². The fourth-order valence-corrected chi connectivity index (χ4v) is 3.67. The van der Waals surface area contributed by atoms with Crippen LogP contribution in [-0.2, 0) is 16.1 Å². The van der Waals surface area contributed by atoms with Crippen LogP contribution in [0.4, 0.5) is 0 Å². The van der Waals surface area contributed by atoms with E-state index in [0.29, 0.717) is 28.8 Å². The van der Waals surface area contributed by atoms with Gasteiger partial charge < -0.3 is 15.0 Å². The second kappa shape index (κ2) is 12.6. The summed E-state index contributed by atoms with van der Waals surface area (Å²) < 4.78 is 5.76. The Kier molecular flexibility index (Phi) is 10.2. The molecule has 2 aromatic carbocycles. The third-order valence-corrected chi connectivity index (χ3v) is 5.60. The van der Waals surface area contributed by atoms with Crippen LogP contribution >= 0.6 is 23.2 Å². The number of hydrogen-bond donors (Lipinski definition) is 1. The number of aryl methyl sites for hydroxylation is 1. The maximum absolute atomic E-state index is 13.2. The maximum atomic E-state index is 13.2. The van der Waals surface area contributed by atoms with Crippen molar-refractivity contribution in [2.45, 2.75) is 52.6 Å². The summed E-state index contributed by atoms with van der Waals surface area (Å²) in [5, 5.41) is 3.90. The predicted molar refractivity (Wildman–Crippen MR) is 126 cm³/mol. The fraction of sp³-hybridized carbons (Fsp3) is 0.417. The van der Waals surface area contributed by atoms with Gasteiger partial charge in [0, 0.05) is 23.1 Å². The number of unbranched alkanes of at least 4 members (excludes halogenated alkanes) is 1. The lowest BCUT2D eigenvalue weighted by molar-refractivity contribution is -0.143. The monoisotopic (exact) mass is 464 g/mol. The molecule has 0 fully saturated rings. The van der Waals surface area contributed by atoms with E-state index < -0.39 is 6.04 Å². The van der Waals surface area contributed by atoms with Crippen molar-refractivity contribution in [2.24, 2.45) is 0 Å². The molecule has 0 aliphatic heterocycles. The average molecular weight is 465 g/mol. The van der Waals surface area contributed by atoms with Gasteiger partial charge in [0.05, 0.1) is 0 Å². The van der Waals surface area contributed by atoms with Crippen LogP contribution in [0.25, 0.3) is 0 Å². The Morgan fingerprint density at radius 3 is 2.52 bits per heavy atom. The molecular weight excluding hydrogens is 435 g/mol. The molecule has 0 aliphatic carbocycles. The first-order chi connectivity index (χ1) is 14.9. The zero-order chi connectivity index (χ0) is 22.8. The van der Waals surface area contributed by atoms with Crippen molar-refractivity contribution in [2.75, 3.05) is 13.2 Å². The van der Waals surface area contributed by atoms with Crippen LogP contribution in [0, 0.1) is 6.92 Å². The Bertz CT molecular complexity index is 889. The highest BCUT2D eigenvalue weighted by molar-refractivity contribution is 6.35. The molecule has 31 heavy (non-hydrogen) atoms. The SMILES string of the molecule is CCCCNC(=O)[C@@H](CC)N(Cc1ccc(Cl)cc1Cl)C(=O)COc1ccccc1C. The molecule has 1 atom stereocenters. The number of benzene rings is 2. The molecule has 0 saturated heterocycles. The molecule has 5 nitrogen and oxygen atoms in total. The third kappa shape index (κ3) is 7.44. The molecule has 2 amide bonds. The van der Waals surface area contributed by atoms with Crippen molar-refractivity contribution in [1.82, 2.24) is 10.2 Å². The molecular formula is C24H30Cl2N2O3.